The summed E-state index contributed by atoms with van der Waals surface area (Å²) < 4.78 is 0.880. The zero-order chi connectivity index (χ0) is 10.1. The van der Waals surface area contributed by atoms with Crippen LogP contribution in [0, 0.1) is 0 Å². The molecule has 0 amide bonds. The summed E-state index contributed by atoms with van der Waals surface area (Å²) in [6.07, 6.45) is 0. The van der Waals surface area contributed by atoms with Crippen molar-refractivity contribution >= 4 is 33.0 Å². The third kappa shape index (κ3) is 2.18. The molecule has 0 aliphatic rings. The normalized spacial score (nSPS) is 11.7. The number of hydrogen-bond acceptors (Lipinski definition) is 3. The van der Waals surface area contributed by atoms with Crippen LogP contribution >= 0.6 is 27.3 Å². The van der Waals surface area contributed by atoms with Crippen LogP contribution in [0.25, 0.3) is 0 Å². The van der Waals surface area contributed by atoms with Gasteiger partial charge >= 0.3 is 0 Å². The average molecular weight is 262 g/mol. The van der Waals surface area contributed by atoms with E-state index in [2.05, 4.69) is 21.2 Å². The van der Waals surface area contributed by atoms with E-state index in [1.54, 1.807) is 7.05 Å². The van der Waals surface area contributed by atoms with Crippen LogP contribution in [0.5, 0.6) is 0 Å². The van der Waals surface area contributed by atoms with Gasteiger partial charge in [0.15, 0.2) is 5.78 Å². The molecule has 1 aromatic heterocycles. The van der Waals surface area contributed by atoms with Gasteiger partial charge in [0.25, 0.3) is 0 Å². The number of likely N-dealkylation sites (N-methyl/N-ethyl adjacent to an activating group) is 1. The number of rotatable bonds is 3. The maximum atomic E-state index is 11.9. The van der Waals surface area contributed by atoms with Gasteiger partial charge in [-0.05, 0) is 48.3 Å². The summed E-state index contributed by atoms with van der Waals surface area (Å²) in [4.78, 5) is 12.7. The van der Waals surface area contributed by atoms with Crippen LogP contribution in [-0.4, -0.2) is 18.4 Å². The SMILES string of the molecule is CNC(C)(C)C(=O)c1sccc1Br. The molecule has 1 rings (SSSR count). The molecular formula is C9H12BrNOS. The van der Waals surface area contributed by atoms with E-state index in [1.165, 1.54) is 11.3 Å². The molecule has 4 heteroatoms. The fraction of sp³-hybridized carbons (Fsp3) is 0.444. The Morgan fingerprint density at radius 1 is 1.62 bits per heavy atom. The van der Waals surface area contributed by atoms with Gasteiger partial charge in [-0.15, -0.1) is 11.3 Å². The monoisotopic (exact) mass is 261 g/mol. The van der Waals surface area contributed by atoms with Crippen molar-refractivity contribution in [1.29, 1.82) is 0 Å². The molecule has 0 bridgehead atoms. The molecule has 1 heterocycles. The summed E-state index contributed by atoms with van der Waals surface area (Å²) in [6.45, 7) is 3.75. The first-order valence-corrected chi connectivity index (χ1v) is 5.63. The molecule has 1 N–H and O–H groups in total. The Bertz CT molecular complexity index is 319. The Labute approximate surface area is 90.5 Å². The van der Waals surface area contributed by atoms with Gasteiger partial charge in [-0.1, -0.05) is 0 Å². The predicted molar refractivity (Wildman–Crippen MR) is 59.5 cm³/mol. The smallest absolute Gasteiger partial charge is 0.193 e. The van der Waals surface area contributed by atoms with Crippen molar-refractivity contribution in [2.75, 3.05) is 7.05 Å². The highest BCUT2D eigenvalue weighted by Gasteiger charge is 2.28. The summed E-state index contributed by atoms with van der Waals surface area (Å²) in [5, 5.41) is 4.90. The lowest BCUT2D eigenvalue weighted by Gasteiger charge is -2.21. The van der Waals surface area contributed by atoms with E-state index < -0.39 is 5.54 Å². The van der Waals surface area contributed by atoms with Crippen molar-refractivity contribution in [1.82, 2.24) is 5.32 Å². The third-order valence-electron chi connectivity index (χ3n) is 2.02. The van der Waals surface area contributed by atoms with Crippen LogP contribution in [-0.2, 0) is 0 Å². The fourth-order valence-corrected chi connectivity index (χ4v) is 2.50. The van der Waals surface area contributed by atoms with Crippen molar-refractivity contribution in [2.45, 2.75) is 19.4 Å². The number of thiophene rings is 1. The van der Waals surface area contributed by atoms with Crippen molar-refractivity contribution in [3.8, 4) is 0 Å². The second-order valence-corrected chi connectivity index (χ2v) is 5.07. The van der Waals surface area contributed by atoms with Gasteiger partial charge in [0.2, 0.25) is 0 Å². The first-order chi connectivity index (χ1) is 5.99. The average Bonchev–Trinajstić information content (AvgIpc) is 2.50. The minimum absolute atomic E-state index is 0.122. The fourth-order valence-electron chi connectivity index (χ4n) is 0.853. The molecule has 72 valence electrons. The molecule has 0 unspecified atom stereocenters. The third-order valence-corrected chi connectivity index (χ3v) is 3.85. The van der Waals surface area contributed by atoms with Crippen LogP contribution in [0.15, 0.2) is 15.9 Å². The summed E-state index contributed by atoms with van der Waals surface area (Å²) in [7, 11) is 1.79. The molecule has 0 fully saturated rings. The van der Waals surface area contributed by atoms with E-state index in [0.29, 0.717) is 0 Å². The molecule has 0 aromatic carbocycles. The number of hydrogen-bond donors (Lipinski definition) is 1. The Hall–Kier alpha value is -0.190. The van der Waals surface area contributed by atoms with E-state index in [4.69, 9.17) is 0 Å². The molecular weight excluding hydrogens is 250 g/mol. The minimum Gasteiger partial charge on any atom is -0.308 e. The first-order valence-electron chi connectivity index (χ1n) is 3.95. The lowest BCUT2D eigenvalue weighted by molar-refractivity contribution is 0.0893. The van der Waals surface area contributed by atoms with Gasteiger partial charge in [0.05, 0.1) is 10.4 Å². The van der Waals surface area contributed by atoms with Gasteiger partial charge in [0.1, 0.15) is 0 Å². The second kappa shape index (κ2) is 3.90. The molecule has 13 heavy (non-hydrogen) atoms. The molecule has 0 aliphatic heterocycles. The molecule has 0 aliphatic carbocycles. The van der Waals surface area contributed by atoms with E-state index >= 15 is 0 Å². The number of carbonyl (C=O) groups is 1. The van der Waals surface area contributed by atoms with Gasteiger partial charge in [0, 0.05) is 4.47 Å². The van der Waals surface area contributed by atoms with Crippen LogP contribution < -0.4 is 5.32 Å². The van der Waals surface area contributed by atoms with Crippen molar-refractivity contribution in [3.05, 3.63) is 20.8 Å². The quantitative estimate of drug-likeness (QED) is 0.848. The number of halogens is 1. The Balaban J connectivity index is 2.98. The summed E-state index contributed by atoms with van der Waals surface area (Å²) in [6, 6.07) is 1.89. The van der Waals surface area contributed by atoms with Crippen LogP contribution in [0.2, 0.25) is 0 Å². The Morgan fingerprint density at radius 3 is 2.62 bits per heavy atom. The van der Waals surface area contributed by atoms with Crippen LogP contribution in [0.1, 0.15) is 23.5 Å². The molecule has 0 saturated heterocycles. The number of Topliss-reactive ketones (excluding diaryl/α,β-unsaturated/α-hetero) is 1. The maximum Gasteiger partial charge on any atom is 0.193 e. The highest BCUT2D eigenvalue weighted by molar-refractivity contribution is 9.10. The molecule has 0 radical (unpaired) electrons. The van der Waals surface area contributed by atoms with Gasteiger partial charge in [-0.25, -0.2) is 0 Å². The summed E-state index contributed by atoms with van der Waals surface area (Å²) in [5.74, 6) is 0.122. The lowest BCUT2D eigenvalue weighted by atomic mass is 9.98. The van der Waals surface area contributed by atoms with Gasteiger partial charge in [-0.2, -0.15) is 0 Å². The van der Waals surface area contributed by atoms with Crippen LogP contribution in [0.3, 0.4) is 0 Å². The maximum absolute atomic E-state index is 11.9. The van der Waals surface area contributed by atoms with Crippen molar-refractivity contribution < 1.29 is 4.79 Å². The number of nitrogens with one attached hydrogen (secondary N) is 1. The number of carbonyl (C=O) groups excluding carboxylic acids is 1. The topological polar surface area (TPSA) is 29.1 Å². The molecule has 2 nitrogen and oxygen atoms in total. The van der Waals surface area contributed by atoms with Crippen molar-refractivity contribution in [2.24, 2.45) is 0 Å². The standard InChI is InChI=1S/C9H12BrNOS/c1-9(2,11-3)8(12)7-6(10)4-5-13-7/h4-5,11H,1-3H3. The second-order valence-electron chi connectivity index (χ2n) is 3.30. The highest BCUT2D eigenvalue weighted by atomic mass is 79.9. The van der Waals surface area contributed by atoms with E-state index in [-0.39, 0.29) is 5.78 Å². The van der Waals surface area contributed by atoms with E-state index in [1.807, 2.05) is 25.3 Å². The Morgan fingerprint density at radius 2 is 2.23 bits per heavy atom. The van der Waals surface area contributed by atoms with E-state index in [0.717, 1.165) is 9.35 Å². The first kappa shape index (κ1) is 10.9. The van der Waals surface area contributed by atoms with Crippen molar-refractivity contribution in [3.63, 3.8) is 0 Å². The van der Waals surface area contributed by atoms with Gasteiger partial charge in [-0.3, -0.25) is 4.79 Å². The molecule has 0 saturated carbocycles. The molecule has 0 atom stereocenters. The summed E-state index contributed by atoms with van der Waals surface area (Å²) in [5.41, 5.74) is -0.493. The zero-order valence-electron chi connectivity index (χ0n) is 7.85. The Kier molecular flexibility index (Phi) is 3.27. The molecule has 1 aromatic rings. The highest BCUT2D eigenvalue weighted by Crippen LogP contribution is 2.26. The van der Waals surface area contributed by atoms with Gasteiger partial charge < -0.3 is 5.32 Å². The zero-order valence-corrected chi connectivity index (χ0v) is 10.3. The largest absolute Gasteiger partial charge is 0.308 e. The summed E-state index contributed by atoms with van der Waals surface area (Å²) >= 11 is 4.81. The predicted octanol–water partition coefficient (Wildman–Crippen LogP) is 2.69. The number of ketones is 1. The minimum atomic E-state index is -0.493. The lowest BCUT2D eigenvalue weighted by Crippen LogP contribution is -2.44. The molecule has 0 spiro atoms. The van der Waals surface area contributed by atoms with Crippen LogP contribution in [0.4, 0.5) is 0 Å². The van der Waals surface area contributed by atoms with E-state index in [9.17, 15) is 4.79 Å².